The molecule has 0 radical (unpaired) electrons. The van der Waals surface area contributed by atoms with Crippen LogP contribution in [0.4, 0.5) is 0 Å². The molecule has 1 aliphatic rings. The van der Waals surface area contributed by atoms with Crippen molar-refractivity contribution in [3.8, 4) is 0 Å². The largest absolute Gasteiger partial charge is 0.289 e. The lowest BCUT2D eigenvalue weighted by atomic mass is 9.77. The summed E-state index contributed by atoms with van der Waals surface area (Å²) >= 11 is 3.52. The predicted molar refractivity (Wildman–Crippen MR) is 85.3 cm³/mol. The molecule has 2 aromatic rings. The summed E-state index contributed by atoms with van der Waals surface area (Å²) in [6.07, 6.45) is 3.69. The van der Waals surface area contributed by atoms with E-state index in [0.29, 0.717) is 5.92 Å². The number of carbonyl (C=O) groups is 1. The standard InChI is InChI=1S/C18H17BrO/c1-12-9-10-16(17(19)11-12)18(20)15-8-3-2-7-14(15)13-5-4-6-13/h2-3,7-11,13H,4-6H2,1H3. The van der Waals surface area contributed by atoms with Crippen LogP contribution in [0, 0.1) is 6.92 Å². The van der Waals surface area contributed by atoms with Crippen molar-refractivity contribution in [3.63, 3.8) is 0 Å². The van der Waals surface area contributed by atoms with Crippen molar-refractivity contribution in [2.24, 2.45) is 0 Å². The van der Waals surface area contributed by atoms with Crippen molar-refractivity contribution in [2.45, 2.75) is 32.1 Å². The molecule has 1 aliphatic carbocycles. The fraction of sp³-hybridized carbons (Fsp3) is 0.278. The van der Waals surface area contributed by atoms with Gasteiger partial charge in [0.05, 0.1) is 0 Å². The molecule has 0 aromatic heterocycles. The van der Waals surface area contributed by atoms with Crippen molar-refractivity contribution >= 4 is 21.7 Å². The Hall–Kier alpha value is -1.41. The number of halogens is 1. The highest BCUT2D eigenvalue weighted by atomic mass is 79.9. The van der Waals surface area contributed by atoms with E-state index in [1.165, 1.54) is 24.8 Å². The molecule has 2 heteroatoms. The summed E-state index contributed by atoms with van der Waals surface area (Å²) in [5.41, 5.74) is 3.99. The molecular weight excluding hydrogens is 312 g/mol. The van der Waals surface area contributed by atoms with Gasteiger partial charge in [-0.1, -0.05) is 52.7 Å². The molecule has 0 heterocycles. The normalized spacial score (nSPS) is 14.9. The fourth-order valence-electron chi connectivity index (χ4n) is 2.73. The topological polar surface area (TPSA) is 17.1 Å². The predicted octanol–water partition coefficient (Wildman–Crippen LogP) is 5.26. The molecule has 0 aliphatic heterocycles. The molecule has 1 nitrogen and oxygen atoms in total. The molecular formula is C18H17BrO. The van der Waals surface area contributed by atoms with Crippen LogP contribution in [0.25, 0.3) is 0 Å². The van der Waals surface area contributed by atoms with Gasteiger partial charge in [0, 0.05) is 15.6 Å². The van der Waals surface area contributed by atoms with Gasteiger partial charge in [-0.25, -0.2) is 0 Å². The molecule has 0 N–H and O–H groups in total. The zero-order valence-electron chi connectivity index (χ0n) is 11.5. The molecule has 0 atom stereocenters. The highest BCUT2D eigenvalue weighted by Gasteiger charge is 2.25. The maximum Gasteiger partial charge on any atom is 0.194 e. The molecule has 3 rings (SSSR count). The number of aryl methyl sites for hydroxylation is 1. The summed E-state index contributed by atoms with van der Waals surface area (Å²) < 4.78 is 0.880. The zero-order valence-corrected chi connectivity index (χ0v) is 13.1. The van der Waals surface area contributed by atoms with Crippen LogP contribution in [-0.4, -0.2) is 5.78 Å². The first-order valence-electron chi connectivity index (χ1n) is 7.06. The van der Waals surface area contributed by atoms with Crippen molar-refractivity contribution in [1.82, 2.24) is 0 Å². The third-order valence-corrected chi connectivity index (χ3v) is 4.78. The van der Waals surface area contributed by atoms with Crippen molar-refractivity contribution < 1.29 is 4.79 Å². The number of carbonyl (C=O) groups excluding carboxylic acids is 1. The first kappa shape index (κ1) is 13.6. The van der Waals surface area contributed by atoms with Crippen LogP contribution >= 0.6 is 15.9 Å². The quantitative estimate of drug-likeness (QED) is 0.702. The van der Waals surface area contributed by atoms with Crippen LogP contribution in [0.3, 0.4) is 0 Å². The third kappa shape index (κ3) is 2.45. The van der Waals surface area contributed by atoms with Crippen LogP contribution in [0.1, 0.15) is 52.2 Å². The van der Waals surface area contributed by atoms with E-state index in [2.05, 4.69) is 22.0 Å². The highest BCUT2D eigenvalue weighted by Crippen LogP contribution is 2.38. The van der Waals surface area contributed by atoms with E-state index in [1.807, 2.05) is 43.3 Å². The average molecular weight is 329 g/mol. The minimum atomic E-state index is 0.124. The Balaban J connectivity index is 2.02. The Labute approximate surface area is 128 Å². The van der Waals surface area contributed by atoms with E-state index < -0.39 is 0 Å². The molecule has 0 saturated heterocycles. The second-order valence-corrected chi connectivity index (χ2v) is 6.38. The van der Waals surface area contributed by atoms with Gasteiger partial charge in [0.1, 0.15) is 0 Å². The van der Waals surface area contributed by atoms with Crippen LogP contribution in [-0.2, 0) is 0 Å². The van der Waals surface area contributed by atoms with Gasteiger partial charge in [0.2, 0.25) is 0 Å². The number of ketones is 1. The fourth-order valence-corrected chi connectivity index (χ4v) is 3.40. The molecule has 0 unspecified atom stereocenters. The molecule has 20 heavy (non-hydrogen) atoms. The zero-order chi connectivity index (χ0) is 14.1. The van der Waals surface area contributed by atoms with Crippen LogP contribution in [0.5, 0.6) is 0 Å². The first-order chi connectivity index (χ1) is 9.66. The molecule has 0 amide bonds. The van der Waals surface area contributed by atoms with E-state index in [1.54, 1.807) is 0 Å². The molecule has 1 fully saturated rings. The monoisotopic (exact) mass is 328 g/mol. The first-order valence-corrected chi connectivity index (χ1v) is 7.86. The molecule has 102 valence electrons. The van der Waals surface area contributed by atoms with Crippen LogP contribution in [0.15, 0.2) is 46.9 Å². The third-order valence-electron chi connectivity index (χ3n) is 4.12. The Kier molecular flexibility index (Phi) is 3.75. The maximum atomic E-state index is 12.8. The van der Waals surface area contributed by atoms with Gasteiger partial charge in [-0.2, -0.15) is 0 Å². The lowest BCUT2D eigenvalue weighted by Gasteiger charge is -2.27. The van der Waals surface area contributed by atoms with E-state index in [9.17, 15) is 4.79 Å². The number of benzene rings is 2. The van der Waals surface area contributed by atoms with Crippen molar-refractivity contribution in [2.75, 3.05) is 0 Å². The summed E-state index contributed by atoms with van der Waals surface area (Å²) in [5.74, 6) is 0.693. The average Bonchev–Trinajstić information content (AvgIpc) is 2.37. The summed E-state index contributed by atoms with van der Waals surface area (Å²) in [6.45, 7) is 2.03. The van der Waals surface area contributed by atoms with Gasteiger partial charge in [0.15, 0.2) is 5.78 Å². The lowest BCUT2D eigenvalue weighted by Crippen LogP contribution is -2.14. The number of hydrogen-bond donors (Lipinski definition) is 0. The van der Waals surface area contributed by atoms with Gasteiger partial charge in [0.25, 0.3) is 0 Å². The van der Waals surface area contributed by atoms with Crippen molar-refractivity contribution in [1.29, 1.82) is 0 Å². The second kappa shape index (κ2) is 5.53. The van der Waals surface area contributed by atoms with E-state index in [4.69, 9.17) is 0 Å². The SMILES string of the molecule is Cc1ccc(C(=O)c2ccccc2C2CCC2)c(Br)c1. The number of rotatable bonds is 3. The maximum absolute atomic E-state index is 12.8. The Morgan fingerprint density at radius 1 is 1.10 bits per heavy atom. The molecule has 2 aromatic carbocycles. The minimum Gasteiger partial charge on any atom is -0.289 e. The molecule has 0 bridgehead atoms. The molecule has 1 saturated carbocycles. The van der Waals surface area contributed by atoms with Gasteiger partial charge in [-0.15, -0.1) is 0 Å². The summed E-state index contributed by atoms with van der Waals surface area (Å²) in [4.78, 5) is 12.8. The van der Waals surface area contributed by atoms with Gasteiger partial charge < -0.3 is 0 Å². The molecule has 0 spiro atoms. The number of hydrogen-bond acceptors (Lipinski definition) is 1. The van der Waals surface area contributed by atoms with Gasteiger partial charge in [-0.3, -0.25) is 4.79 Å². The second-order valence-electron chi connectivity index (χ2n) is 5.53. The smallest absolute Gasteiger partial charge is 0.194 e. The Morgan fingerprint density at radius 3 is 2.50 bits per heavy atom. The Morgan fingerprint density at radius 2 is 1.85 bits per heavy atom. The summed E-state index contributed by atoms with van der Waals surface area (Å²) in [7, 11) is 0. The van der Waals surface area contributed by atoms with E-state index in [0.717, 1.165) is 21.2 Å². The highest BCUT2D eigenvalue weighted by molar-refractivity contribution is 9.10. The summed E-state index contributed by atoms with van der Waals surface area (Å²) in [5, 5.41) is 0. The van der Waals surface area contributed by atoms with Crippen LogP contribution in [0.2, 0.25) is 0 Å². The van der Waals surface area contributed by atoms with Crippen molar-refractivity contribution in [3.05, 3.63) is 69.2 Å². The van der Waals surface area contributed by atoms with Gasteiger partial charge >= 0.3 is 0 Å². The Bertz CT molecular complexity index is 656. The van der Waals surface area contributed by atoms with Gasteiger partial charge in [-0.05, 0) is 48.9 Å². The summed E-state index contributed by atoms with van der Waals surface area (Å²) in [6, 6.07) is 14.0. The minimum absolute atomic E-state index is 0.124. The lowest BCUT2D eigenvalue weighted by molar-refractivity contribution is 0.103. The van der Waals surface area contributed by atoms with E-state index in [-0.39, 0.29) is 5.78 Å². The van der Waals surface area contributed by atoms with E-state index >= 15 is 0 Å². The van der Waals surface area contributed by atoms with Crippen LogP contribution < -0.4 is 0 Å².